The second-order valence-electron chi connectivity index (χ2n) is 5.41. The molecular weight excluding hydrogens is 282 g/mol. The summed E-state index contributed by atoms with van der Waals surface area (Å²) >= 11 is 0. The lowest BCUT2D eigenvalue weighted by Crippen LogP contribution is -2.20. The lowest BCUT2D eigenvalue weighted by molar-refractivity contribution is -0.136. The minimum atomic E-state index is -0.436. The first-order valence-corrected chi connectivity index (χ1v) is 7.15. The van der Waals surface area contributed by atoms with Crippen molar-refractivity contribution >= 4 is 5.97 Å². The molecule has 0 unspecified atom stereocenters. The average Bonchev–Trinajstić information content (AvgIpc) is 2.89. The number of hydrogen-bond donors (Lipinski definition) is 0. The lowest BCUT2D eigenvalue weighted by Gasteiger charge is -2.22. The third-order valence-corrected chi connectivity index (χ3v) is 4.03. The van der Waals surface area contributed by atoms with Crippen LogP contribution in [0.3, 0.4) is 0 Å². The van der Waals surface area contributed by atoms with Gasteiger partial charge in [-0.3, -0.25) is 0 Å². The van der Waals surface area contributed by atoms with Crippen LogP contribution in [0.4, 0.5) is 0 Å². The van der Waals surface area contributed by atoms with Crippen molar-refractivity contribution in [2.75, 3.05) is 7.11 Å². The van der Waals surface area contributed by atoms with Crippen LogP contribution in [0.2, 0.25) is 0 Å². The maximum absolute atomic E-state index is 12.3. The van der Waals surface area contributed by atoms with E-state index in [0.717, 1.165) is 11.4 Å². The molecule has 5 nitrogen and oxygen atoms in total. The van der Waals surface area contributed by atoms with Crippen molar-refractivity contribution in [3.63, 3.8) is 0 Å². The van der Waals surface area contributed by atoms with Gasteiger partial charge in [-0.25, -0.2) is 14.2 Å². The number of carbonyl (C=O) groups excluding carboxylic acids is 1. The highest BCUT2D eigenvalue weighted by molar-refractivity contribution is 5.90. The summed E-state index contributed by atoms with van der Waals surface area (Å²) < 4.78 is 11.8. The van der Waals surface area contributed by atoms with E-state index < -0.39 is 5.76 Å². The quantitative estimate of drug-likeness (QED) is 0.800. The van der Waals surface area contributed by atoms with Gasteiger partial charge in [-0.15, -0.1) is 0 Å². The number of hydrogen-bond acceptors (Lipinski definition) is 4. The Kier molecular flexibility index (Phi) is 3.48. The Morgan fingerprint density at radius 1 is 1.23 bits per heavy atom. The average molecular weight is 299 g/mol. The van der Waals surface area contributed by atoms with Crippen molar-refractivity contribution in [2.24, 2.45) is 0 Å². The van der Waals surface area contributed by atoms with Gasteiger partial charge in [0.15, 0.2) is 0 Å². The first-order valence-electron chi connectivity index (χ1n) is 7.15. The molecule has 0 spiro atoms. The molecule has 0 radical (unpaired) electrons. The van der Waals surface area contributed by atoms with E-state index in [4.69, 9.17) is 9.15 Å². The fourth-order valence-corrected chi connectivity index (χ4v) is 2.96. The fourth-order valence-electron chi connectivity index (χ4n) is 2.96. The molecule has 3 rings (SSSR count). The predicted molar refractivity (Wildman–Crippen MR) is 81.2 cm³/mol. The Morgan fingerprint density at radius 3 is 2.55 bits per heavy atom. The van der Waals surface area contributed by atoms with Gasteiger partial charge < -0.3 is 9.15 Å². The molecule has 1 aromatic heterocycles. The van der Waals surface area contributed by atoms with E-state index in [-0.39, 0.29) is 17.8 Å². The molecule has 0 fully saturated rings. The number of methoxy groups -OCH3 is 1. The number of rotatable bonds is 2. The number of esters is 1. The van der Waals surface area contributed by atoms with Gasteiger partial charge in [-0.2, -0.15) is 0 Å². The molecule has 0 N–H and O–H groups in total. The Labute approximate surface area is 127 Å². The van der Waals surface area contributed by atoms with Crippen LogP contribution in [-0.2, 0) is 9.53 Å². The molecule has 2 aromatic rings. The Balaban J connectivity index is 2.18. The Bertz CT molecular complexity index is 798. The van der Waals surface area contributed by atoms with Crippen LogP contribution in [0.25, 0.3) is 5.69 Å². The fraction of sp³-hybridized carbons (Fsp3) is 0.294. The highest BCUT2D eigenvalue weighted by Crippen LogP contribution is 2.38. The van der Waals surface area contributed by atoms with E-state index in [1.54, 1.807) is 4.57 Å². The van der Waals surface area contributed by atoms with Crippen molar-refractivity contribution < 1.29 is 13.9 Å². The number of allylic oxidation sites excluding steroid dienone is 1. The maximum atomic E-state index is 12.3. The predicted octanol–water partition coefficient (Wildman–Crippen LogP) is 2.75. The van der Waals surface area contributed by atoms with Crippen molar-refractivity contribution in [3.05, 3.63) is 64.0 Å². The molecule has 0 aliphatic heterocycles. The number of fused-ring (bicyclic) bond motifs is 1. The molecule has 0 saturated heterocycles. The number of nitrogens with zero attached hydrogens (tertiary/aromatic N) is 1. The summed E-state index contributed by atoms with van der Waals surface area (Å²) in [7, 11) is 1.35. The molecule has 1 aliphatic rings. The highest BCUT2D eigenvalue weighted by atomic mass is 16.5. The summed E-state index contributed by atoms with van der Waals surface area (Å²) in [6.45, 7) is 3.77. The Hall–Kier alpha value is -2.56. The van der Waals surface area contributed by atoms with Crippen molar-refractivity contribution in [2.45, 2.75) is 25.7 Å². The van der Waals surface area contributed by atoms with Gasteiger partial charge in [0.2, 0.25) is 0 Å². The second-order valence-corrected chi connectivity index (χ2v) is 5.41. The summed E-state index contributed by atoms with van der Waals surface area (Å²) in [6.07, 6.45) is 1.84. The van der Waals surface area contributed by atoms with Gasteiger partial charge in [0.05, 0.1) is 18.5 Å². The summed E-state index contributed by atoms with van der Waals surface area (Å²) in [5.41, 5.74) is 2.07. The lowest BCUT2D eigenvalue weighted by atomic mass is 9.85. The standard InChI is InChI=1S/C17H17NO4/c1-10-9-13(16(19)21-3)11(2)15-14(10)18(17(20)22-15)12-7-5-4-6-8-12/h4-11H,1-3H3/t10-,11+/m1/s1. The molecule has 22 heavy (non-hydrogen) atoms. The smallest absolute Gasteiger partial charge is 0.424 e. The SMILES string of the molecule is COC(=O)C1=C[C@@H](C)c2c(oc(=O)n2-c2ccccc2)[C@H]1C. The largest absolute Gasteiger partial charge is 0.466 e. The van der Waals surface area contributed by atoms with E-state index in [2.05, 4.69) is 0 Å². The first kappa shape index (κ1) is 14.4. The number of oxazole rings is 1. The molecule has 5 heteroatoms. The molecule has 0 amide bonds. The van der Waals surface area contributed by atoms with Gasteiger partial charge >= 0.3 is 11.7 Å². The topological polar surface area (TPSA) is 61.4 Å². The molecule has 0 saturated carbocycles. The summed E-state index contributed by atoms with van der Waals surface area (Å²) in [5, 5.41) is 0. The number of para-hydroxylation sites is 1. The van der Waals surface area contributed by atoms with E-state index >= 15 is 0 Å². The zero-order valence-electron chi connectivity index (χ0n) is 12.7. The van der Waals surface area contributed by atoms with Gasteiger partial charge in [-0.1, -0.05) is 38.1 Å². The summed E-state index contributed by atoms with van der Waals surface area (Å²) in [4.78, 5) is 24.2. The minimum Gasteiger partial charge on any atom is -0.466 e. The highest BCUT2D eigenvalue weighted by Gasteiger charge is 2.34. The van der Waals surface area contributed by atoms with Crippen molar-refractivity contribution in [1.29, 1.82) is 0 Å². The van der Waals surface area contributed by atoms with Crippen LogP contribution in [-0.4, -0.2) is 17.6 Å². The molecule has 114 valence electrons. The molecule has 0 bridgehead atoms. The first-order chi connectivity index (χ1) is 10.5. The third-order valence-electron chi connectivity index (χ3n) is 4.03. The van der Waals surface area contributed by atoms with Crippen LogP contribution in [0.1, 0.15) is 37.1 Å². The van der Waals surface area contributed by atoms with Gasteiger partial charge in [0.25, 0.3) is 0 Å². The number of carbonyl (C=O) groups is 1. The monoisotopic (exact) mass is 299 g/mol. The number of aromatic nitrogens is 1. The van der Waals surface area contributed by atoms with Crippen LogP contribution in [0.15, 0.2) is 51.2 Å². The minimum absolute atomic E-state index is 0.119. The van der Waals surface area contributed by atoms with Gasteiger partial charge in [0, 0.05) is 17.4 Å². The zero-order chi connectivity index (χ0) is 15.9. The Morgan fingerprint density at radius 2 is 1.91 bits per heavy atom. The zero-order valence-corrected chi connectivity index (χ0v) is 12.7. The van der Waals surface area contributed by atoms with Crippen LogP contribution in [0, 0.1) is 0 Å². The summed E-state index contributed by atoms with van der Waals surface area (Å²) in [5.74, 6) is -0.720. The van der Waals surface area contributed by atoms with Crippen molar-refractivity contribution in [1.82, 2.24) is 4.57 Å². The van der Waals surface area contributed by atoms with E-state index in [1.165, 1.54) is 7.11 Å². The normalized spacial score (nSPS) is 20.2. The van der Waals surface area contributed by atoms with Crippen molar-refractivity contribution in [3.8, 4) is 5.69 Å². The third kappa shape index (κ3) is 2.09. The van der Waals surface area contributed by atoms with Crippen LogP contribution in [0.5, 0.6) is 0 Å². The number of benzene rings is 1. The van der Waals surface area contributed by atoms with Crippen LogP contribution < -0.4 is 5.76 Å². The van der Waals surface area contributed by atoms with Crippen LogP contribution >= 0.6 is 0 Å². The molecule has 1 heterocycles. The van der Waals surface area contributed by atoms with E-state index in [0.29, 0.717) is 11.3 Å². The second kappa shape index (κ2) is 5.33. The van der Waals surface area contributed by atoms with E-state index in [9.17, 15) is 9.59 Å². The molecule has 2 atom stereocenters. The maximum Gasteiger partial charge on any atom is 0.424 e. The molecule has 1 aliphatic carbocycles. The van der Waals surface area contributed by atoms with Gasteiger partial charge in [-0.05, 0) is 12.1 Å². The molecule has 1 aromatic carbocycles. The number of ether oxygens (including phenoxy) is 1. The molecular formula is C17H17NO4. The summed E-state index contributed by atoms with van der Waals surface area (Å²) in [6, 6.07) is 9.34. The van der Waals surface area contributed by atoms with Gasteiger partial charge in [0.1, 0.15) is 5.76 Å². The van der Waals surface area contributed by atoms with E-state index in [1.807, 2.05) is 50.3 Å².